The minimum Gasteiger partial charge on any atom is -0.325 e. The maximum absolute atomic E-state index is 12.7. The Morgan fingerprint density at radius 1 is 1.10 bits per heavy atom. The monoisotopic (exact) mass is 304 g/mol. The van der Waals surface area contributed by atoms with E-state index in [0.717, 1.165) is 22.1 Å². The molecule has 20 heavy (non-hydrogen) atoms. The second kappa shape index (κ2) is 4.97. The van der Waals surface area contributed by atoms with Crippen LogP contribution in [0.4, 0.5) is 0 Å². The molecule has 4 nitrogen and oxygen atoms in total. The molecule has 2 aromatic carbocycles. The number of benzene rings is 2. The minimum absolute atomic E-state index is 0.231. The fourth-order valence-corrected chi connectivity index (χ4v) is 4.72. The van der Waals surface area contributed by atoms with Crippen molar-refractivity contribution < 1.29 is 8.42 Å². The molecule has 102 valence electrons. The van der Waals surface area contributed by atoms with Crippen LogP contribution < -0.4 is 5.73 Å². The van der Waals surface area contributed by atoms with E-state index < -0.39 is 9.84 Å². The van der Waals surface area contributed by atoms with Crippen LogP contribution in [0.3, 0.4) is 0 Å². The van der Waals surface area contributed by atoms with Gasteiger partial charge in [-0.15, -0.1) is 11.3 Å². The largest absolute Gasteiger partial charge is 0.325 e. The van der Waals surface area contributed by atoms with E-state index in [1.165, 1.54) is 6.20 Å². The zero-order valence-electron chi connectivity index (χ0n) is 10.5. The van der Waals surface area contributed by atoms with Gasteiger partial charge in [0.05, 0.1) is 11.1 Å². The molecule has 2 N–H and O–H groups in total. The first-order valence-electron chi connectivity index (χ1n) is 6.00. The molecule has 3 rings (SSSR count). The zero-order valence-corrected chi connectivity index (χ0v) is 12.1. The molecule has 3 aromatic rings. The summed E-state index contributed by atoms with van der Waals surface area (Å²) >= 11 is 1.12. The lowest BCUT2D eigenvalue weighted by Gasteiger charge is -2.05. The maximum atomic E-state index is 12.7. The SMILES string of the molecule is NCc1ncc(S(=O)(=O)c2cccc3ccccc23)s1. The van der Waals surface area contributed by atoms with Crippen LogP contribution in [0.1, 0.15) is 5.01 Å². The first-order chi connectivity index (χ1) is 9.63. The molecule has 6 heteroatoms. The number of aromatic nitrogens is 1. The molecule has 0 saturated carbocycles. The van der Waals surface area contributed by atoms with Crippen molar-refractivity contribution in [3.63, 3.8) is 0 Å². The summed E-state index contributed by atoms with van der Waals surface area (Å²) in [6, 6.07) is 12.7. The number of hydrogen-bond acceptors (Lipinski definition) is 5. The smallest absolute Gasteiger partial charge is 0.218 e. The van der Waals surface area contributed by atoms with E-state index in [1.54, 1.807) is 12.1 Å². The molecule has 0 unspecified atom stereocenters. The highest BCUT2D eigenvalue weighted by molar-refractivity contribution is 7.93. The van der Waals surface area contributed by atoms with E-state index in [9.17, 15) is 8.42 Å². The first-order valence-corrected chi connectivity index (χ1v) is 8.30. The van der Waals surface area contributed by atoms with Gasteiger partial charge in [0.2, 0.25) is 9.84 Å². The molecule has 1 heterocycles. The summed E-state index contributed by atoms with van der Waals surface area (Å²) in [5, 5.41) is 2.23. The van der Waals surface area contributed by atoms with Crippen molar-refractivity contribution in [2.24, 2.45) is 5.73 Å². The van der Waals surface area contributed by atoms with Crippen LogP contribution >= 0.6 is 11.3 Å². The van der Waals surface area contributed by atoms with Crippen molar-refractivity contribution in [3.8, 4) is 0 Å². The molecule has 0 aliphatic rings. The summed E-state index contributed by atoms with van der Waals surface area (Å²) in [4.78, 5) is 4.33. The molecule has 0 spiro atoms. The van der Waals surface area contributed by atoms with Crippen LogP contribution in [-0.2, 0) is 16.4 Å². The third-order valence-electron chi connectivity index (χ3n) is 3.01. The highest BCUT2D eigenvalue weighted by Crippen LogP contribution is 2.30. The number of thiazole rings is 1. The lowest BCUT2D eigenvalue weighted by atomic mass is 10.1. The molecular formula is C14H12N2O2S2. The molecule has 0 atom stereocenters. The zero-order chi connectivity index (χ0) is 14.2. The Hall–Kier alpha value is -1.76. The molecule has 1 aromatic heterocycles. The molecule has 0 amide bonds. The van der Waals surface area contributed by atoms with E-state index in [-0.39, 0.29) is 10.8 Å². The Bertz CT molecular complexity index is 864. The van der Waals surface area contributed by atoms with Crippen molar-refractivity contribution in [3.05, 3.63) is 53.7 Å². The normalized spacial score (nSPS) is 11.8. The average molecular weight is 304 g/mol. The quantitative estimate of drug-likeness (QED) is 0.807. The van der Waals surface area contributed by atoms with Crippen LogP contribution in [0.15, 0.2) is 57.8 Å². The second-order valence-corrected chi connectivity index (χ2v) is 7.52. The van der Waals surface area contributed by atoms with Crippen molar-refractivity contribution >= 4 is 31.9 Å². The number of sulfone groups is 1. The maximum Gasteiger partial charge on any atom is 0.218 e. The molecule has 0 radical (unpaired) electrons. The van der Waals surface area contributed by atoms with Crippen LogP contribution in [0, 0.1) is 0 Å². The van der Waals surface area contributed by atoms with Crippen LogP contribution in [0.5, 0.6) is 0 Å². The van der Waals surface area contributed by atoms with E-state index in [4.69, 9.17) is 5.73 Å². The standard InChI is InChI=1S/C14H12N2O2S2/c15-8-13-16-9-14(19-13)20(17,18)12-7-3-5-10-4-1-2-6-11(10)12/h1-7,9H,8,15H2. The van der Waals surface area contributed by atoms with Crippen LogP contribution in [-0.4, -0.2) is 13.4 Å². The Labute approximate surface area is 120 Å². The van der Waals surface area contributed by atoms with Crippen LogP contribution in [0.25, 0.3) is 10.8 Å². The number of nitrogens with two attached hydrogens (primary N) is 1. The summed E-state index contributed by atoms with van der Waals surface area (Å²) in [6.07, 6.45) is 1.38. The van der Waals surface area contributed by atoms with Crippen molar-refractivity contribution in [1.82, 2.24) is 4.98 Å². The Morgan fingerprint density at radius 2 is 1.85 bits per heavy atom. The van der Waals surface area contributed by atoms with Gasteiger partial charge in [0.15, 0.2) is 0 Å². The van der Waals surface area contributed by atoms with Gasteiger partial charge in [-0.3, -0.25) is 0 Å². The first kappa shape index (κ1) is 13.2. The van der Waals surface area contributed by atoms with Gasteiger partial charge < -0.3 is 5.73 Å². The summed E-state index contributed by atoms with van der Waals surface area (Å²) in [7, 11) is -3.55. The van der Waals surface area contributed by atoms with Gasteiger partial charge >= 0.3 is 0 Å². The summed E-state index contributed by atoms with van der Waals surface area (Å²) in [5.41, 5.74) is 5.49. The topological polar surface area (TPSA) is 73.0 Å². The molecule has 0 fully saturated rings. The highest BCUT2D eigenvalue weighted by atomic mass is 32.2. The molecule has 0 saturated heterocycles. The van der Waals surface area contributed by atoms with E-state index in [1.807, 2.05) is 30.3 Å². The number of fused-ring (bicyclic) bond motifs is 1. The summed E-state index contributed by atoms with van der Waals surface area (Å²) in [6.45, 7) is 0.246. The van der Waals surface area contributed by atoms with Gasteiger partial charge in [-0.25, -0.2) is 13.4 Å². The number of nitrogens with zero attached hydrogens (tertiary/aromatic N) is 1. The number of rotatable bonds is 3. The van der Waals surface area contributed by atoms with Crippen molar-refractivity contribution in [2.45, 2.75) is 15.6 Å². The van der Waals surface area contributed by atoms with Gasteiger partial charge in [-0.1, -0.05) is 36.4 Å². The van der Waals surface area contributed by atoms with E-state index in [2.05, 4.69) is 4.98 Å². The Morgan fingerprint density at radius 3 is 2.60 bits per heavy atom. The fourth-order valence-electron chi connectivity index (χ4n) is 2.05. The van der Waals surface area contributed by atoms with Gasteiger partial charge in [0.1, 0.15) is 9.22 Å². The molecule has 0 aliphatic heterocycles. The lowest BCUT2D eigenvalue weighted by Crippen LogP contribution is -2.00. The van der Waals surface area contributed by atoms with Gasteiger partial charge in [-0.2, -0.15) is 0 Å². The van der Waals surface area contributed by atoms with Crippen molar-refractivity contribution in [2.75, 3.05) is 0 Å². The molecule has 0 aliphatic carbocycles. The fraction of sp³-hybridized carbons (Fsp3) is 0.0714. The average Bonchev–Trinajstić information content (AvgIpc) is 2.96. The lowest BCUT2D eigenvalue weighted by molar-refractivity contribution is 0.599. The Balaban J connectivity index is 2.24. The summed E-state index contributed by atoms with van der Waals surface area (Å²) in [5.74, 6) is 0. The third kappa shape index (κ3) is 2.11. The number of hydrogen-bond donors (Lipinski definition) is 1. The predicted octanol–water partition coefficient (Wildman–Crippen LogP) is 2.59. The van der Waals surface area contributed by atoms with Gasteiger partial charge in [-0.05, 0) is 11.5 Å². The molecule has 0 bridgehead atoms. The van der Waals surface area contributed by atoms with Gasteiger partial charge in [0, 0.05) is 11.9 Å². The Kier molecular flexibility index (Phi) is 3.29. The predicted molar refractivity (Wildman–Crippen MR) is 79.4 cm³/mol. The van der Waals surface area contributed by atoms with Gasteiger partial charge in [0.25, 0.3) is 0 Å². The van der Waals surface area contributed by atoms with Crippen LogP contribution in [0.2, 0.25) is 0 Å². The van der Waals surface area contributed by atoms with E-state index >= 15 is 0 Å². The van der Waals surface area contributed by atoms with E-state index in [0.29, 0.717) is 9.90 Å². The highest BCUT2D eigenvalue weighted by Gasteiger charge is 2.22. The second-order valence-electron chi connectivity index (χ2n) is 4.26. The molecular weight excluding hydrogens is 292 g/mol. The minimum atomic E-state index is -3.55. The summed E-state index contributed by atoms with van der Waals surface area (Å²) < 4.78 is 25.6. The third-order valence-corrected chi connectivity index (χ3v) is 6.30. The van der Waals surface area contributed by atoms with Crippen molar-refractivity contribution in [1.29, 1.82) is 0 Å².